The van der Waals surface area contributed by atoms with Gasteiger partial charge in [0.1, 0.15) is 5.75 Å². The van der Waals surface area contributed by atoms with Gasteiger partial charge in [-0.3, -0.25) is 0 Å². The van der Waals surface area contributed by atoms with Crippen molar-refractivity contribution >= 4 is 5.69 Å². The number of benzene rings is 1. The van der Waals surface area contributed by atoms with Crippen molar-refractivity contribution in [1.29, 1.82) is 0 Å². The number of hydrogen-bond donors (Lipinski definition) is 2. The first-order chi connectivity index (χ1) is 7.98. The molecule has 3 heteroatoms. The van der Waals surface area contributed by atoms with Gasteiger partial charge in [-0.2, -0.15) is 0 Å². The Hall–Kier alpha value is -1.22. The van der Waals surface area contributed by atoms with Gasteiger partial charge in [-0.1, -0.05) is 19.9 Å². The molecular weight excluding hydrogens is 214 g/mol. The van der Waals surface area contributed by atoms with Gasteiger partial charge in [0.2, 0.25) is 0 Å². The summed E-state index contributed by atoms with van der Waals surface area (Å²) in [6.07, 6.45) is 0. The molecule has 0 unspecified atom stereocenters. The molecule has 0 bridgehead atoms. The highest BCUT2D eigenvalue weighted by molar-refractivity contribution is 5.57. The van der Waals surface area contributed by atoms with E-state index in [0.29, 0.717) is 13.2 Å². The Morgan fingerprint density at radius 2 is 2.06 bits per heavy atom. The molecule has 0 radical (unpaired) electrons. The van der Waals surface area contributed by atoms with Gasteiger partial charge in [-0.15, -0.1) is 0 Å². The fourth-order valence-corrected chi connectivity index (χ4v) is 1.44. The van der Waals surface area contributed by atoms with E-state index in [1.54, 1.807) is 0 Å². The molecule has 0 aliphatic carbocycles. The van der Waals surface area contributed by atoms with Crippen molar-refractivity contribution < 1.29 is 9.84 Å². The number of aliphatic hydroxyl groups is 1. The van der Waals surface area contributed by atoms with Crippen LogP contribution >= 0.6 is 0 Å². The van der Waals surface area contributed by atoms with Gasteiger partial charge in [-0.05, 0) is 31.5 Å². The topological polar surface area (TPSA) is 41.5 Å². The van der Waals surface area contributed by atoms with Gasteiger partial charge in [-0.25, -0.2) is 0 Å². The monoisotopic (exact) mass is 237 g/mol. The quantitative estimate of drug-likeness (QED) is 0.799. The predicted octanol–water partition coefficient (Wildman–Crippen LogP) is 2.82. The molecule has 0 aromatic heterocycles. The van der Waals surface area contributed by atoms with Gasteiger partial charge in [0.05, 0.1) is 12.3 Å². The van der Waals surface area contributed by atoms with E-state index in [4.69, 9.17) is 4.74 Å². The molecule has 1 rings (SSSR count). The molecule has 2 N–H and O–H groups in total. The van der Waals surface area contributed by atoms with Crippen molar-refractivity contribution in [3.63, 3.8) is 0 Å². The molecule has 0 saturated heterocycles. The molecular formula is C14H23NO2. The summed E-state index contributed by atoms with van der Waals surface area (Å²) in [7, 11) is 0. The first kappa shape index (κ1) is 13.8. The smallest absolute Gasteiger partial charge is 0.142 e. The first-order valence-corrected chi connectivity index (χ1v) is 6.06. The molecule has 0 fully saturated rings. The lowest BCUT2D eigenvalue weighted by atomic mass is 9.95. The normalized spacial score (nSPS) is 11.4. The SMILES string of the molecule is CCOc1cc(C)ccc1NCC(C)(C)CO. The molecule has 0 atom stereocenters. The van der Waals surface area contributed by atoms with Crippen molar-refractivity contribution in [2.75, 3.05) is 25.1 Å². The van der Waals surface area contributed by atoms with Crippen LogP contribution in [0.25, 0.3) is 0 Å². The highest BCUT2D eigenvalue weighted by atomic mass is 16.5. The van der Waals surface area contributed by atoms with Crippen LogP contribution in [0, 0.1) is 12.3 Å². The molecule has 1 aromatic carbocycles. The zero-order valence-electron chi connectivity index (χ0n) is 11.2. The van der Waals surface area contributed by atoms with E-state index in [1.165, 1.54) is 5.56 Å². The zero-order chi connectivity index (χ0) is 12.9. The van der Waals surface area contributed by atoms with E-state index in [9.17, 15) is 5.11 Å². The van der Waals surface area contributed by atoms with Crippen molar-refractivity contribution in [2.45, 2.75) is 27.7 Å². The van der Waals surface area contributed by atoms with Crippen LogP contribution in [0.2, 0.25) is 0 Å². The molecule has 0 amide bonds. The maximum atomic E-state index is 9.22. The highest BCUT2D eigenvalue weighted by Crippen LogP contribution is 2.27. The second-order valence-electron chi connectivity index (χ2n) is 5.11. The summed E-state index contributed by atoms with van der Waals surface area (Å²) in [5.74, 6) is 0.876. The van der Waals surface area contributed by atoms with Crippen molar-refractivity contribution in [2.24, 2.45) is 5.41 Å². The molecule has 0 heterocycles. The average Bonchev–Trinajstić information content (AvgIpc) is 2.28. The third-order valence-corrected chi connectivity index (χ3v) is 2.62. The Bertz CT molecular complexity index is 361. The fraction of sp³-hybridized carbons (Fsp3) is 0.571. The zero-order valence-corrected chi connectivity index (χ0v) is 11.2. The number of hydrogen-bond acceptors (Lipinski definition) is 3. The lowest BCUT2D eigenvalue weighted by Gasteiger charge is -2.23. The number of anilines is 1. The predicted molar refractivity (Wildman–Crippen MR) is 71.7 cm³/mol. The molecule has 0 spiro atoms. The van der Waals surface area contributed by atoms with E-state index in [2.05, 4.69) is 11.4 Å². The Balaban J connectivity index is 2.76. The Kier molecular flexibility index (Phi) is 4.82. The van der Waals surface area contributed by atoms with Crippen LogP contribution in [-0.4, -0.2) is 24.9 Å². The molecule has 17 heavy (non-hydrogen) atoms. The van der Waals surface area contributed by atoms with Crippen molar-refractivity contribution in [3.05, 3.63) is 23.8 Å². The summed E-state index contributed by atoms with van der Waals surface area (Å²) in [5.41, 5.74) is 2.04. The maximum absolute atomic E-state index is 9.22. The van der Waals surface area contributed by atoms with E-state index in [-0.39, 0.29) is 12.0 Å². The van der Waals surface area contributed by atoms with Gasteiger partial charge in [0.15, 0.2) is 0 Å². The molecule has 0 aliphatic heterocycles. The minimum absolute atomic E-state index is 0.131. The summed E-state index contributed by atoms with van der Waals surface area (Å²) < 4.78 is 5.59. The Morgan fingerprint density at radius 1 is 1.35 bits per heavy atom. The van der Waals surface area contributed by atoms with Crippen LogP contribution in [0.3, 0.4) is 0 Å². The lowest BCUT2D eigenvalue weighted by molar-refractivity contribution is 0.170. The molecule has 3 nitrogen and oxygen atoms in total. The van der Waals surface area contributed by atoms with Gasteiger partial charge in [0, 0.05) is 18.6 Å². The van der Waals surface area contributed by atoms with Gasteiger partial charge in [0.25, 0.3) is 0 Å². The summed E-state index contributed by atoms with van der Waals surface area (Å²) in [4.78, 5) is 0. The standard InChI is InChI=1S/C14H23NO2/c1-5-17-13-8-11(2)6-7-12(13)15-9-14(3,4)10-16/h6-8,15-16H,5,9-10H2,1-4H3. The minimum atomic E-state index is -0.131. The van der Waals surface area contributed by atoms with Crippen molar-refractivity contribution in [3.8, 4) is 5.75 Å². The van der Waals surface area contributed by atoms with Crippen LogP contribution in [0.5, 0.6) is 5.75 Å². The van der Waals surface area contributed by atoms with Crippen LogP contribution < -0.4 is 10.1 Å². The van der Waals surface area contributed by atoms with E-state index < -0.39 is 0 Å². The highest BCUT2D eigenvalue weighted by Gasteiger charge is 2.16. The van der Waals surface area contributed by atoms with Crippen LogP contribution in [0.4, 0.5) is 5.69 Å². The third-order valence-electron chi connectivity index (χ3n) is 2.62. The van der Waals surface area contributed by atoms with E-state index >= 15 is 0 Å². The molecule has 1 aromatic rings. The van der Waals surface area contributed by atoms with Crippen LogP contribution in [-0.2, 0) is 0 Å². The Morgan fingerprint density at radius 3 is 2.65 bits per heavy atom. The van der Waals surface area contributed by atoms with Crippen LogP contribution in [0.1, 0.15) is 26.3 Å². The van der Waals surface area contributed by atoms with E-state index in [1.807, 2.05) is 39.8 Å². The second kappa shape index (κ2) is 5.92. The number of nitrogens with one attached hydrogen (secondary N) is 1. The van der Waals surface area contributed by atoms with Gasteiger partial charge >= 0.3 is 0 Å². The molecule has 96 valence electrons. The number of aryl methyl sites for hydroxylation is 1. The summed E-state index contributed by atoms with van der Waals surface area (Å²) in [6.45, 7) is 9.60. The molecule has 0 saturated carbocycles. The first-order valence-electron chi connectivity index (χ1n) is 6.06. The van der Waals surface area contributed by atoms with Crippen molar-refractivity contribution in [1.82, 2.24) is 0 Å². The summed E-state index contributed by atoms with van der Waals surface area (Å²) in [5, 5.41) is 12.5. The average molecular weight is 237 g/mol. The number of rotatable bonds is 6. The summed E-state index contributed by atoms with van der Waals surface area (Å²) in [6, 6.07) is 6.10. The largest absolute Gasteiger partial charge is 0.492 e. The third kappa shape index (κ3) is 4.27. The lowest BCUT2D eigenvalue weighted by Crippen LogP contribution is -2.26. The van der Waals surface area contributed by atoms with E-state index in [0.717, 1.165) is 11.4 Å². The molecule has 0 aliphatic rings. The van der Waals surface area contributed by atoms with Crippen LogP contribution in [0.15, 0.2) is 18.2 Å². The number of ether oxygens (including phenoxy) is 1. The fourth-order valence-electron chi connectivity index (χ4n) is 1.44. The van der Waals surface area contributed by atoms with Gasteiger partial charge < -0.3 is 15.2 Å². The maximum Gasteiger partial charge on any atom is 0.142 e. The Labute approximate surface area is 104 Å². The number of aliphatic hydroxyl groups excluding tert-OH is 1. The minimum Gasteiger partial charge on any atom is -0.492 e. The second-order valence-corrected chi connectivity index (χ2v) is 5.11. The summed E-state index contributed by atoms with van der Waals surface area (Å²) >= 11 is 0.